The van der Waals surface area contributed by atoms with Gasteiger partial charge in [0, 0.05) is 4.88 Å². The molecule has 1 N–H and O–H groups in total. The normalized spacial score (nSPS) is 12.9. The van der Waals surface area contributed by atoms with E-state index in [2.05, 4.69) is 9.46 Å². The molecule has 1 heterocycles. The molecule has 0 fully saturated rings. The fourth-order valence-corrected chi connectivity index (χ4v) is 4.17. The zero-order chi connectivity index (χ0) is 16.3. The molecule has 0 saturated heterocycles. The molecule has 2 aromatic rings. The van der Waals surface area contributed by atoms with E-state index in [0.717, 1.165) is 4.88 Å². The highest BCUT2D eigenvalue weighted by Crippen LogP contribution is 2.27. The Morgan fingerprint density at radius 3 is 2.36 bits per heavy atom. The van der Waals surface area contributed by atoms with Gasteiger partial charge < -0.3 is 4.74 Å². The quantitative estimate of drug-likeness (QED) is 0.832. The van der Waals surface area contributed by atoms with E-state index in [4.69, 9.17) is 11.6 Å². The number of hydrogen-bond donors (Lipinski definition) is 1. The second-order valence-corrected chi connectivity index (χ2v) is 7.96. The van der Waals surface area contributed by atoms with Crippen molar-refractivity contribution in [2.75, 3.05) is 7.11 Å². The third-order valence-electron chi connectivity index (χ3n) is 2.94. The van der Waals surface area contributed by atoms with Gasteiger partial charge in [-0.25, -0.2) is 17.9 Å². The summed E-state index contributed by atoms with van der Waals surface area (Å²) in [7, 11) is -2.42. The fraction of sp³-hybridized carbons (Fsp3) is 0.214. The molecule has 8 heteroatoms. The summed E-state index contributed by atoms with van der Waals surface area (Å²) >= 11 is 7.17. The fourth-order valence-electron chi connectivity index (χ4n) is 1.81. The molecule has 0 saturated carbocycles. The van der Waals surface area contributed by atoms with Crippen LogP contribution in [-0.2, 0) is 14.8 Å². The predicted molar refractivity (Wildman–Crippen MR) is 85.8 cm³/mol. The van der Waals surface area contributed by atoms with Gasteiger partial charge in [0.25, 0.3) is 0 Å². The molecule has 1 atom stereocenters. The first-order valence-electron chi connectivity index (χ1n) is 6.29. The van der Waals surface area contributed by atoms with Gasteiger partial charge in [0.2, 0.25) is 10.0 Å². The topological polar surface area (TPSA) is 72.5 Å². The molecule has 0 aliphatic rings. The molecule has 22 heavy (non-hydrogen) atoms. The minimum absolute atomic E-state index is 0.0784. The third kappa shape index (κ3) is 3.86. The van der Waals surface area contributed by atoms with Crippen LogP contribution in [-0.4, -0.2) is 21.5 Å². The van der Waals surface area contributed by atoms with Gasteiger partial charge >= 0.3 is 5.97 Å². The van der Waals surface area contributed by atoms with Crippen LogP contribution in [0.1, 0.15) is 28.2 Å². The van der Waals surface area contributed by atoms with Gasteiger partial charge in [0.05, 0.1) is 27.9 Å². The molecule has 2 rings (SSSR count). The minimum atomic E-state index is -3.69. The van der Waals surface area contributed by atoms with E-state index < -0.39 is 22.0 Å². The van der Waals surface area contributed by atoms with Gasteiger partial charge in [-0.15, -0.1) is 11.3 Å². The second kappa shape index (κ2) is 6.78. The van der Waals surface area contributed by atoms with Crippen molar-refractivity contribution in [2.45, 2.75) is 17.9 Å². The Bertz CT molecular complexity index is 768. The predicted octanol–water partition coefficient (Wildman–Crippen LogP) is 3.23. The molecule has 1 aromatic heterocycles. The van der Waals surface area contributed by atoms with Gasteiger partial charge in [-0.2, -0.15) is 0 Å². The maximum Gasteiger partial charge on any atom is 0.337 e. The second-order valence-electron chi connectivity index (χ2n) is 4.50. The van der Waals surface area contributed by atoms with Crippen LogP contribution in [0.5, 0.6) is 0 Å². The van der Waals surface area contributed by atoms with E-state index in [1.165, 1.54) is 42.7 Å². The van der Waals surface area contributed by atoms with E-state index in [-0.39, 0.29) is 4.90 Å². The Labute approximate surface area is 137 Å². The van der Waals surface area contributed by atoms with Gasteiger partial charge in [-0.1, -0.05) is 11.6 Å². The number of esters is 1. The highest BCUT2D eigenvalue weighted by atomic mass is 35.5. The maximum absolute atomic E-state index is 12.3. The largest absolute Gasteiger partial charge is 0.465 e. The number of thiophene rings is 1. The average Bonchev–Trinajstić information content (AvgIpc) is 2.93. The number of hydrogen-bond acceptors (Lipinski definition) is 5. The number of nitrogens with one attached hydrogen (secondary N) is 1. The van der Waals surface area contributed by atoms with Crippen LogP contribution in [0.15, 0.2) is 41.3 Å². The van der Waals surface area contributed by atoms with Crippen LogP contribution in [0.4, 0.5) is 0 Å². The van der Waals surface area contributed by atoms with Crippen molar-refractivity contribution in [3.05, 3.63) is 51.2 Å². The lowest BCUT2D eigenvalue weighted by atomic mass is 10.2. The molecule has 0 unspecified atom stereocenters. The lowest BCUT2D eigenvalue weighted by Gasteiger charge is -2.13. The van der Waals surface area contributed by atoms with Crippen LogP contribution in [0.2, 0.25) is 4.34 Å². The van der Waals surface area contributed by atoms with Crippen LogP contribution >= 0.6 is 22.9 Å². The Hall–Kier alpha value is -1.41. The summed E-state index contributed by atoms with van der Waals surface area (Å²) in [6.45, 7) is 1.74. The lowest BCUT2D eigenvalue weighted by molar-refractivity contribution is 0.0600. The average molecular weight is 360 g/mol. The van der Waals surface area contributed by atoms with Crippen molar-refractivity contribution in [1.29, 1.82) is 0 Å². The van der Waals surface area contributed by atoms with Gasteiger partial charge in [0.15, 0.2) is 0 Å². The third-order valence-corrected chi connectivity index (χ3v) is 5.91. The summed E-state index contributed by atoms with van der Waals surface area (Å²) in [6.07, 6.45) is 0. The molecular weight excluding hydrogens is 346 g/mol. The summed E-state index contributed by atoms with van der Waals surface area (Å²) < 4.78 is 32.4. The smallest absolute Gasteiger partial charge is 0.337 e. The molecule has 0 aliphatic heterocycles. The SMILES string of the molecule is COC(=O)c1ccc(S(=O)(=O)N[C@@H](C)c2ccc(Cl)s2)cc1. The first kappa shape index (κ1) is 17.0. The Morgan fingerprint density at radius 1 is 1.23 bits per heavy atom. The molecule has 0 spiro atoms. The van der Waals surface area contributed by atoms with Gasteiger partial charge in [-0.05, 0) is 43.3 Å². The van der Waals surface area contributed by atoms with Crippen molar-refractivity contribution in [3.63, 3.8) is 0 Å². The lowest BCUT2D eigenvalue weighted by Crippen LogP contribution is -2.26. The molecule has 0 aliphatic carbocycles. The minimum Gasteiger partial charge on any atom is -0.465 e. The molecule has 118 valence electrons. The molecule has 0 radical (unpaired) electrons. The standard InChI is InChI=1S/C14H14ClNO4S2/c1-9(12-7-8-13(15)21-12)16-22(18,19)11-5-3-10(4-6-11)14(17)20-2/h3-9,16H,1-2H3/t9-/m0/s1. The first-order chi connectivity index (χ1) is 10.3. The van der Waals surface area contributed by atoms with Crippen molar-refractivity contribution in [1.82, 2.24) is 4.72 Å². The summed E-state index contributed by atoms with van der Waals surface area (Å²) in [5.74, 6) is -0.515. The Balaban J connectivity index is 2.18. The number of rotatable bonds is 5. The highest BCUT2D eigenvalue weighted by molar-refractivity contribution is 7.89. The van der Waals surface area contributed by atoms with Crippen molar-refractivity contribution in [2.24, 2.45) is 0 Å². The number of benzene rings is 1. The highest BCUT2D eigenvalue weighted by Gasteiger charge is 2.20. The van der Waals surface area contributed by atoms with E-state index in [0.29, 0.717) is 9.90 Å². The zero-order valence-electron chi connectivity index (χ0n) is 11.9. The monoisotopic (exact) mass is 359 g/mol. The van der Waals surface area contributed by atoms with E-state index in [9.17, 15) is 13.2 Å². The van der Waals surface area contributed by atoms with E-state index in [1.807, 2.05) is 0 Å². The number of methoxy groups -OCH3 is 1. The number of carbonyl (C=O) groups is 1. The Morgan fingerprint density at radius 2 is 1.86 bits per heavy atom. The number of sulfonamides is 1. The van der Waals surface area contributed by atoms with Crippen LogP contribution < -0.4 is 4.72 Å². The van der Waals surface area contributed by atoms with Crippen molar-refractivity contribution < 1.29 is 17.9 Å². The van der Waals surface area contributed by atoms with Crippen LogP contribution in [0, 0.1) is 0 Å². The van der Waals surface area contributed by atoms with Gasteiger partial charge in [-0.3, -0.25) is 0 Å². The molecular formula is C14H14ClNO4S2. The first-order valence-corrected chi connectivity index (χ1v) is 8.97. The number of halogens is 1. The summed E-state index contributed by atoms with van der Waals surface area (Å²) in [4.78, 5) is 12.2. The summed E-state index contributed by atoms with van der Waals surface area (Å²) in [5, 5.41) is 0. The summed E-state index contributed by atoms with van der Waals surface area (Å²) in [6, 6.07) is 8.65. The van der Waals surface area contributed by atoms with E-state index >= 15 is 0 Å². The molecule has 1 aromatic carbocycles. The number of carbonyl (C=O) groups excluding carboxylic acids is 1. The van der Waals surface area contributed by atoms with Crippen molar-refractivity contribution in [3.8, 4) is 0 Å². The maximum atomic E-state index is 12.3. The Kier molecular flexibility index (Phi) is 5.23. The number of ether oxygens (including phenoxy) is 1. The molecule has 5 nitrogen and oxygen atoms in total. The van der Waals surface area contributed by atoms with Crippen molar-refractivity contribution >= 4 is 38.9 Å². The zero-order valence-corrected chi connectivity index (χ0v) is 14.3. The van der Waals surface area contributed by atoms with Crippen LogP contribution in [0.3, 0.4) is 0 Å². The molecule has 0 amide bonds. The molecule has 0 bridgehead atoms. The summed E-state index contributed by atoms with van der Waals surface area (Å²) in [5.41, 5.74) is 0.291. The van der Waals surface area contributed by atoms with Crippen LogP contribution in [0.25, 0.3) is 0 Å². The van der Waals surface area contributed by atoms with E-state index in [1.54, 1.807) is 19.1 Å². The van der Waals surface area contributed by atoms with Gasteiger partial charge in [0.1, 0.15) is 0 Å².